The first-order valence-corrected chi connectivity index (χ1v) is 8.62. The quantitative estimate of drug-likeness (QED) is 0.872. The molecule has 0 aliphatic heterocycles. The molecule has 1 aromatic heterocycles. The van der Waals surface area contributed by atoms with Gasteiger partial charge in [-0.2, -0.15) is 0 Å². The highest BCUT2D eigenvalue weighted by molar-refractivity contribution is 7.89. The average Bonchev–Trinajstić information content (AvgIpc) is 3.38. The van der Waals surface area contributed by atoms with Crippen molar-refractivity contribution >= 4 is 10.0 Å². The van der Waals surface area contributed by atoms with Gasteiger partial charge in [-0.25, -0.2) is 27.5 Å². The van der Waals surface area contributed by atoms with Gasteiger partial charge in [-0.05, 0) is 37.1 Å². The molecule has 23 heavy (non-hydrogen) atoms. The van der Waals surface area contributed by atoms with E-state index < -0.39 is 15.8 Å². The van der Waals surface area contributed by atoms with Crippen molar-refractivity contribution in [2.75, 3.05) is 7.11 Å². The second-order valence-corrected chi connectivity index (χ2v) is 7.10. The number of nitrogens with zero attached hydrogens (tertiary/aromatic N) is 2. The molecule has 1 aromatic carbocycles. The third kappa shape index (κ3) is 3.65. The van der Waals surface area contributed by atoms with Crippen LogP contribution in [0.5, 0.6) is 5.75 Å². The van der Waals surface area contributed by atoms with Crippen LogP contribution in [0.3, 0.4) is 0 Å². The summed E-state index contributed by atoms with van der Waals surface area (Å²) in [6, 6.07) is 5.30. The van der Waals surface area contributed by atoms with Gasteiger partial charge < -0.3 is 4.74 Å². The number of hydrogen-bond donors (Lipinski definition) is 1. The molecule has 0 spiro atoms. The zero-order valence-corrected chi connectivity index (χ0v) is 13.3. The lowest BCUT2D eigenvalue weighted by Crippen LogP contribution is -2.24. The molecule has 1 saturated carbocycles. The minimum atomic E-state index is -3.83. The summed E-state index contributed by atoms with van der Waals surface area (Å²) in [5, 5.41) is 0. The normalized spacial score (nSPS) is 14.7. The third-order valence-electron chi connectivity index (χ3n) is 3.62. The molecule has 1 aliphatic rings. The number of methoxy groups -OCH3 is 1. The molecule has 122 valence electrons. The molecule has 0 amide bonds. The zero-order chi connectivity index (χ0) is 16.4. The summed E-state index contributed by atoms with van der Waals surface area (Å²) < 4.78 is 45.3. The predicted octanol–water partition coefficient (Wildman–Crippen LogP) is 1.98. The van der Waals surface area contributed by atoms with Gasteiger partial charge in [-0.15, -0.1) is 0 Å². The second-order valence-electron chi connectivity index (χ2n) is 5.33. The lowest BCUT2D eigenvalue weighted by atomic mass is 10.2. The Labute approximate surface area is 133 Å². The van der Waals surface area contributed by atoms with E-state index in [1.165, 1.54) is 25.6 Å². The molecule has 0 saturated heterocycles. The molecule has 0 bridgehead atoms. The van der Waals surface area contributed by atoms with Gasteiger partial charge in [-0.1, -0.05) is 0 Å². The molecule has 0 unspecified atom stereocenters. The number of benzene rings is 1. The van der Waals surface area contributed by atoms with Gasteiger partial charge in [0.2, 0.25) is 10.0 Å². The Morgan fingerprint density at radius 3 is 2.74 bits per heavy atom. The molecule has 1 aliphatic carbocycles. The van der Waals surface area contributed by atoms with Crippen LogP contribution >= 0.6 is 0 Å². The number of sulfonamides is 1. The SMILES string of the molecule is COc1ccc(S(=O)(=O)NCc2cc(C3CC3)ncn2)cc1F. The smallest absolute Gasteiger partial charge is 0.241 e. The Kier molecular flexibility index (Phi) is 4.27. The standard InChI is InChI=1S/C15H16FN3O3S/c1-22-15-5-4-12(7-13(15)16)23(20,21)19-8-11-6-14(10-2-3-10)18-9-17-11/h4-7,9-10,19H,2-3,8H2,1H3. The summed E-state index contributed by atoms with van der Waals surface area (Å²) in [6.45, 7) is 0.0260. The van der Waals surface area contributed by atoms with Crippen LogP contribution in [0.2, 0.25) is 0 Å². The van der Waals surface area contributed by atoms with Crippen LogP contribution in [0.15, 0.2) is 35.5 Å². The molecule has 1 heterocycles. The molecular formula is C15H16FN3O3S. The lowest BCUT2D eigenvalue weighted by molar-refractivity contribution is 0.385. The molecule has 8 heteroatoms. The van der Waals surface area contributed by atoms with Crippen molar-refractivity contribution in [2.24, 2.45) is 0 Å². The minimum absolute atomic E-state index is 0.00572. The molecule has 0 atom stereocenters. The minimum Gasteiger partial charge on any atom is -0.494 e. The van der Waals surface area contributed by atoms with E-state index in [2.05, 4.69) is 14.7 Å². The van der Waals surface area contributed by atoms with Crippen LogP contribution in [-0.4, -0.2) is 25.5 Å². The predicted molar refractivity (Wildman–Crippen MR) is 81.0 cm³/mol. The summed E-state index contributed by atoms with van der Waals surface area (Å²) in [5.41, 5.74) is 1.52. The van der Waals surface area contributed by atoms with Gasteiger partial charge in [0.1, 0.15) is 6.33 Å². The molecular weight excluding hydrogens is 321 g/mol. The number of aromatic nitrogens is 2. The highest BCUT2D eigenvalue weighted by Crippen LogP contribution is 2.38. The summed E-state index contributed by atoms with van der Waals surface area (Å²) >= 11 is 0. The summed E-state index contributed by atoms with van der Waals surface area (Å²) in [6.07, 6.45) is 3.64. The van der Waals surface area contributed by atoms with Crippen molar-refractivity contribution < 1.29 is 17.5 Å². The highest BCUT2D eigenvalue weighted by Gasteiger charge is 2.25. The summed E-state index contributed by atoms with van der Waals surface area (Å²) in [7, 11) is -2.51. The molecule has 2 aromatic rings. The fraction of sp³-hybridized carbons (Fsp3) is 0.333. The van der Waals surface area contributed by atoms with E-state index >= 15 is 0 Å². The third-order valence-corrected chi connectivity index (χ3v) is 5.02. The molecule has 0 radical (unpaired) electrons. The number of halogens is 1. The van der Waals surface area contributed by atoms with Crippen LogP contribution in [0.25, 0.3) is 0 Å². The fourth-order valence-electron chi connectivity index (χ4n) is 2.18. The molecule has 1 fully saturated rings. The average molecular weight is 337 g/mol. The summed E-state index contributed by atoms with van der Waals surface area (Å²) in [4.78, 5) is 8.08. The molecule has 6 nitrogen and oxygen atoms in total. The van der Waals surface area contributed by atoms with Crippen molar-refractivity contribution in [3.63, 3.8) is 0 Å². The van der Waals surface area contributed by atoms with E-state index in [1.54, 1.807) is 6.07 Å². The Morgan fingerprint density at radius 1 is 1.30 bits per heavy atom. The monoisotopic (exact) mass is 337 g/mol. The zero-order valence-electron chi connectivity index (χ0n) is 12.5. The van der Waals surface area contributed by atoms with E-state index in [1.807, 2.05) is 0 Å². The van der Waals surface area contributed by atoms with Crippen LogP contribution < -0.4 is 9.46 Å². The topological polar surface area (TPSA) is 81.2 Å². The Bertz CT molecular complexity index is 822. The first-order valence-electron chi connectivity index (χ1n) is 7.13. The first-order chi connectivity index (χ1) is 11.0. The largest absolute Gasteiger partial charge is 0.494 e. The number of nitrogens with one attached hydrogen (secondary N) is 1. The van der Waals surface area contributed by atoms with Gasteiger partial charge in [0, 0.05) is 11.6 Å². The lowest BCUT2D eigenvalue weighted by Gasteiger charge is -2.08. The maximum atomic E-state index is 13.7. The Balaban J connectivity index is 1.73. The van der Waals surface area contributed by atoms with Gasteiger partial charge in [-0.3, -0.25) is 0 Å². The first kappa shape index (κ1) is 15.8. The van der Waals surface area contributed by atoms with Crippen LogP contribution in [0.4, 0.5) is 4.39 Å². The van der Waals surface area contributed by atoms with Crippen molar-refractivity contribution in [1.29, 1.82) is 0 Å². The maximum absolute atomic E-state index is 13.7. The second kappa shape index (κ2) is 6.21. The molecule has 1 N–H and O–H groups in total. The van der Waals surface area contributed by atoms with Crippen LogP contribution in [-0.2, 0) is 16.6 Å². The number of hydrogen-bond acceptors (Lipinski definition) is 5. The number of ether oxygens (including phenoxy) is 1. The van der Waals surface area contributed by atoms with Gasteiger partial charge in [0.05, 0.1) is 24.2 Å². The van der Waals surface area contributed by atoms with Gasteiger partial charge in [0.25, 0.3) is 0 Å². The number of rotatable bonds is 6. The van der Waals surface area contributed by atoms with Crippen LogP contribution in [0.1, 0.15) is 30.1 Å². The Morgan fingerprint density at radius 2 is 2.09 bits per heavy atom. The van der Waals surface area contributed by atoms with Gasteiger partial charge >= 0.3 is 0 Å². The Hall–Kier alpha value is -2.06. The van der Waals surface area contributed by atoms with E-state index in [-0.39, 0.29) is 17.2 Å². The fourth-order valence-corrected chi connectivity index (χ4v) is 3.19. The highest BCUT2D eigenvalue weighted by atomic mass is 32.2. The molecule has 3 rings (SSSR count). The van der Waals surface area contributed by atoms with E-state index in [0.717, 1.165) is 24.6 Å². The van der Waals surface area contributed by atoms with E-state index in [4.69, 9.17) is 4.74 Å². The van der Waals surface area contributed by atoms with Crippen molar-refractivity contribution in [1.82, 2.24) is 14.7 Å². The van der Waals surface area contributed by atoms with Crippen molar-refractivity contribution in [2.45, 2.75) is 30.2 Å². The maximum Gasteiger partial charge on any atom is 0.241 e. The van der Waals surface area contributed by atoms with Crippen molar-refractivity contribution in [3.05, 3.63) is 47.8 Å². The van der Waals surface area contributed by atoms with E-state index in [9.17, 15) is 12.8 Å². The van der Waals surface area contributed by atoms with Gasteiger partial charge in [0.15, 0.2) is 11.6 Å². The van der Waals surface area contributed by atoms with Crippen LogP contribution in [0, 0.1) is 5.82 Å². The summed E-state index contributed by atoms with van der Waals surface area (Å²) in [5.74, 6) is -0.272. The van der Waals surface area contributed by atoms with E-state index in [0.29, 0.717) is 11.6 Å². The van der Waals surface area contributed by atoms with Crippen molar-refractivity contribution in [3.8, 4) is 5.75 Å².